The van der Waals surface area contributed by atoms with Crippen molar-refractivity contribution in [2.24, 2.45) is 0 Å². The van der Waals surface area contributed by atoms with Crippen LogP contribution < -0.4 is 5.32 Å². The van der Waals surface area contributed by atoms with E-state index in [1.807, 2.05) is 12.1 Å². The minimum atomic E-state index is -0.241. The van der Waals surface area contributed by atoms with Crippen molar-refractivity contribution >= 4 is 44.8 Å². The van der Waals surface area contributed by atoms with Crippen LogP contribution in [-0.4, -0.2) is 22.4 Å². The number of nitrogens with zero attached hydrogens (tertiary/aromatic N) is 2. The van der Waals surface area contributed by atoms with Gasteiger partial charge in [-0.05, 0) is 34.5 Å². The number of rotatable bonds is 4. The van der Waals surface area contributed by atoms with Crippen molar-refractivity contribution in [3.8, 4) is 0 Å². The molecule has 2 aromatic rings. The molecular weight excluding hydrogens is 338 g/mol. The summed E-state index contributed by atoms with van der Waals surface area (Å²) in [4.78, 5) is 20.6. The first-order chi connectivity index (χ1) is 8.65. The van der Waals surface area contributed by atoms with Gasteiger partial charge in [0.15, 0.2) is 0 Å². The van der Waals surface area contributed by atoms with E-state index in [-0.39, 0.29) is 16.8 Å². The van der Waals surface area contributed by atoms with E-state index in [1.54, 1.807) is 11.3 Å². The zero-order valence-electron chi connectivity index (χ0n) is 9.19. The summed E-state index contributed by atoms with van der Waals surface area (Å²) in [6.45, 7) is 0.566. The first kappa shape index (κ1) is 13.5. The molecule has 0 fully saturated rings. The Morgan fingerprint density at radius 3 is 2.83 bits per heavy atom. The molecule has 0 radical (unpaired) electrons. The lowest BCUT2D eigenvalue weighted by Gasteiger charge is -2.03. The van der Waals surface area contributed by atoms with Crippen LogP contribution in [-0.2, 0) is 6.42 Å². The van der Waals surface area contributed by atoms with Gasteiger partial charge in [0.1, 0.15) is 10.8 Å². The Morgan fingerprint density at radius 1 is 1.39 bits per heavy atom. The van der Waals surface area contributed by atoms with Crippen LogP contribution in [0.2, 0.25) is 5.15 Å². The van der Waals surface area contributed by atoms with Gasteiger partial charge < -0.3 is 5.32 Å². The van der Waals surface area contributed by atoms with Gasteiger partial charge >= 0.3 is 0 Å². The van der Waals surface area contributed by atoms with Crippen LogP contribution in [0, 0.1) is 0 Å². The molecule has 0 unspecified atom stereocenters. The maximum atomic E-state index is 11.7. The fourth-order valence-corrected chi connectivity index (χ4v) is 2.89. The summed E-state index contributed by atoms with van der Waals surface area (Å²) < 4.78 is 1.09. The van der Waals surface area contributed by atoms with Crippen molar-refractivity contribution < 1.29 is 4.79 Å². The van der Waals surface area contributed by atoms with Crippen LogP contribution >= 0.6 is 38.9 Å². The van der Waals surface area contributed by atoms with E-state index in [4.69, 9.17) is 11.6 Å². The summed E-state index contributed by atoms with van der Waals surface area (Å²) in [5.74, 6) is -0.241. The van der Waals surface area contributed by atoms with E-state index in [0.717, 1.165) is 10.2 Å². The smallest absolute Gasteiger partial charge is 0.271 e. The maximum Gasteiger partial charge on any atom is 0.271 e. The molecule has 4 nitrogen and oxygen atoms in total. The van der Waals surface area contributed by atoms with Gasteiger partial charge in [0.25, 0.3) is 5.91 Å². The van der Waals surface area contributed by atoms with Gasteiger partial charge in [0.2, 0.25) is 0 Å². The predicted molar refractivity (Wildman–Crippen MR) is 75.1 cm³/mol. The topological polar surface area (TPSA) is 54.9 Å². The van der Waals surface area contributed by atoms with E-state index >= 15 is 0 Å². The molecule has 0 saturated heterocycles. The standard InChI is InChI=1S/C11H9BrClN3OS/c12-9-2-1-7(18-9)3-4-14-11(17)8-5-16-10(13)6-15-8/h1-2,5-6H,3-4H2,(H,14,17). The van der Waals surface area contributed by atoms with Crippen LogP contribution in [0.1, 0.15) is 15.4 Å². The average Bonchev–Trinajstić information content (AvgIpc) is 2.76. The van der Waals surface area contributed by atoms with Gasteiger partial charge in [-0.25, -0.2) is 9.97 Å². The molecule has 0 bridgehead atoms. The third-order valence-electron chi connectivity index (χ3n) is 2.14. The Bertz CT molecular complexity index is 543. The number of halogens is 2. The van der Waals surface area contributed by atoms with E-state index in [0.29, 0.717) is 6.54 Å². The Labute approximate surface area is 122 Å². The summed E-state index contributed by atoms with van der Waals surface area (Å²) in [6, 6.07) is 4.02. The molecule has 1 N–H and O–H groups in total. The lowest BCUT2D eigenvalue weighted by atomic mass is 10.3. The zero-order valence-corrected chi connectivity index (χ0v) is 12.3. The average molecular weight is 347 g/mol. The fourth-order valence-electron chi connectivity index (χ4n) is 1.31. The number of carbonyl (C=O) groups excluding carboxylic acids is 1. The van der Waals surface area contributed by atoms with Crippen molar-refractivity contribution in [3.63, 3.8) is 0 Å². The second-order valence-electron chi connectivity index (χ2n) is 3.44. The van der Waals surface area contributed by atoms with Crippen LogP contribution in [0.4, 0.5) is 0 Å². The van der Waals surface area contributed by atoms with Gasteiger partial charge in [-0.1, -0.05) is 11.6 Å². The van der Waals surface area contributed by atoms with Crippen LogP contribution in [0.15, 0.2) is 28.3 Å². The highest BCUT2D eigenvalue weighted by molar-refractivity contribution is 9.11. The van der Waals surface area contributed by atoms with E-state index in [1.165, 1.54) is 17.3 Å². The van der Waals surface area contributed by atoms with Crippen molar-refractivity contribution in [1.82, 2.24) is 15.3 Å². The van der Waals surface area contributed by atoms with Gasteiger partial charge in [-0.2, -0.15) is 0 Å². The minimum absolute atomic E-state index is 0.241. The number of thiophene rings is 1. The quantitative estimate of drug-likeness (QED) is 0.926. The maximum absolute atomic E-state index is 11.7. The Balaban J connectivity index is 1.83. The summed E-state index contributed by atoms with van der Waals surface area (Å²) in [7, 11) is 0. The number of aromatic nitrogens is 2. The van der Waals surface area contributed by atoms with Gasteiger partial charge in [0.05, 0.1) is 16.2 Å². The summed E-state index contributed by atoms with van der Waals surface area (Å²) in [5, 5.41) is 3.06. The minimum Gasteiger partial charge on any atom is -0.350 e. The molecule has 2 heterocycles. The first-order valence-corrected chi connectivity index (χ1v) is 7.14. The highest BCUT2D eigenvalue weighted by atomic mass is 79.9. The van der Waals surface area contributed by atoms with Gasteiger partial charge in [-0.15, -0.1) is 11.3 Å². The van der Waals surface area contributed by atoms with Crippen molar-refractivity contribution in [2.45, 2.75) is 6.42 Å². The Hall–Kier alpha value is -0.980. The molecule has 0 atom stereocenters. The monoisotopic (exact) mass is 345 g/mol. The van der Waals surface area contributed by atoms with Crippen molar-refractivity contribution in [3.05, 3.63) is 44.0 Å². The second kappa shape index (κ2) is 6.26. The zero-order chi connectivity index (χ0) is 13.0. The van der Waals surface area contributed by atoms with Crippen molar-refractivity contribution in [1.29, 1.82) is 0 Å². The number of amides is 1. The lowest BCUT2D eigenvalue weighted by Crippen LogP contribution is -2.26. The van der Waals surface area contributed by atoms with Crippen molar-refractivity contribution in [2.75, 3.05) is 6.54 Å². The third-order valence-corrected chi connectivity index (χ3v) is 4.02. The Morgan fingerprint density at radius 2 is 2.22 bits per heavy atom. The summed E-state index contributed by atoms with van der Waals surface area (Å²) >= 11 is 10.6. The molecule has 0 spiro atoms. The Kier molecular flexibility index (Phi) is 4.68. The van der Waals surface area contributed by atoms with E-state index in [2.05, 4.69) is 31.2 Å². The van der Waals surface area contributed by atoms with E-state index in [9.17, 15) is 4.79 Å². The summed E-state index contributed by atoms with van der Waals surface area (Å²) in [5.41, 5.74) is 0.270. The number of hydrogen-bond donors (Lipinski definition) is 1. The van der Waals surface area contributed by atoms with Crippen LogP contribution in [0.3, 0.4) is 0 Å². The fraction of sp³-hybridized carbons (Fsp3) is 0.182. The predicted octanol–water partition coefficient (Wildman–Crippen LogP) is 2.93. The van der Waals surface area contributed by atoms with E-state index < -0.39 is 0 Å². The SMILES string of the molecule is O=C(NCCc1ccc(Br)s1)c1cnc(Cl)cn1. The second-order valence-corrected chi connectivity index (χ2v) is 6.37. The molecule has 18 heavy (non-hydrogen) atoms. The highest BCUT2D eigenvalue weighted by Crippen LogP contribution is 2.22. The lowest BCUT2D eigenvalue weighted by molar-refractivity contribution is 0.0949. The molecule has 0 aliphatic heterocycles. The van der Waals surface area contributed by atoms with Gasteiger partial charge in [-0.3, -0.25) is 4.79 Å². The summed E-state index contributed by atoms with van der Waals surface area (Å²) in [6.07, 6.45) is 3.51. The molecular formula is C11H9BrClN3OS. The van der Waals surface area contributed by atoms with Crippen LogP contribution in [0.25, 0.3) is 0 Å². The largest absolute Gasteiger partial charge is 0.350 e. The first-order valence-electron chi connectivity index (χ1n) is 5.15. The molecule has 0 aliphatic rings. The molecule has 94 valence electrons. The number of carbonyl (C=O) groups is 1. The molecule has 2 rings (SSSR count). The molecule has 0 aromatic carbocycles. The van der Waals surface area contributed by atoms with Crippen LogP contribution in [0.5, 0.6) is 0 Å². The third kappa shape index (κ3) is 3.76. The number of nitrogens with one attached hydrogen (secondary N) is 1. The molecule has 0 aliphatic carbocycles. The molecule has 2 aromatic heterocycles. The van der Waals surface area contributed by atoms with Gasteiger partial charge in [0, 0.05) is 11.4 Å². The number of hydrogen-bond acceptors (Lipinski definition) is 4. The normalized spacial score (nSPS) is 10.3. The molecule has 0 saturated carbocycles. The molecule has 7 heteroatoms. The highest BCUT2D eigenvalue weighted by Gasteiger charge is 2.07. The molecule has 1 amide bonds.